The van der Waals surface area contributed by atoms with Gasteiger partial charge in [-0.15, -0.1) is 5.10 Å². The van der Waals surface area contributed by atoms with Crippen molar-refractivity contribution < 1.29 is 23.8 Å². The van der Waals surface area contributed by atoms with Gasteiger partial charge in [0.25, 0.3) is 10.7 Å². The van der Waals surface area contributed by atoms with Crippen LogP contribution in [0.3, 0.4) is 0 Å². The number of carbonyl (C=O) groups excluding carboxylic acids is 1. The zero-order chi connectivity index (χ0) is 21.3. The second-order valence-electron chi connectivity index (χ2n) is 6.67. The third-order valence-electron chi connectivity index (χ3n) is 4.92. The van der Waals surface area contributed by atoms with Crippen molar-refractivity contribution >= 4 is 39.9 Å². The molecule has 0 aliphatic carbocycles. The lowest BCUT2D eigenvalue weighted by molar-refractivity contribution is 0.0527. The minimum Gasteiger partial charge on any atom is -0.483 e. The number of nitrogens with zero attached hydrogens (tertiary/aromatic N) is 2. The quantitative estimate of drug-likeness (QED) is 0.341. The average molecular weight is 427 g/mol. The summed E-state index contributed by atoms with van der Waals surface area (Å²) in [6, 6.07) is 9.58. The fourth-order valence-electron chi connectivity index (χ4n) is 3.73. The van der Waals surface area contributed by atoms with E-state index in [9.17, 15) is 9.90 Å². The highest BCUT2D eigenvalue weighted by Gasteiger charge is 2.24. The molecule has 0 unspecified atom stereocenters. The van der Waals surface area contributed by atoms with Gasteiger partial charge in [-0.2, -0.15) is 0 Å². The number of rotatable bonds is 7. The molecule has 8 nitrogen and oxygen atoms in total. The van der Waals surface area contributed by atoms with Crippen molar-refractivity contribution in [1.29, 1.82) is 0 Å². The number of carbonyl (C=O) groups is 1. The van der Waals surface area contributed by atoms with E-state index in [1.54, 1.807) is 6.92 Å². The summed E-state index contributed by atoms with van der Waals surface area (Å²) < 4.78 is 18.5. The molecule has 0 spiro atoms. The van der Waals surface area contributed by atoms with Crippen molar-refractivity contribution in [3.8, 4) is 5.75 Å². The molecule has 0 fully saturated rings. The van der Waals surface area contributed by atoms with Gasteiger partial charge in [0, 0.05) is 28.4 Å². The summed E-state index contributed by atoms with van der Waals surface area (Å²) in [5, 5.41) is 18.6. The highest BCUT2D eigenvalue weighted by Crippen LogP contribution is 2.38. The summed E-state index contributed by atoms with van der Waals surface area (Å²) in [7, 11) is 0. The number of fused-ring (bicyclic) bond motifs is 3. The van der Waals surface area contributed by atoms with Gasteiger partial charge in [0.05, 0.1) is 24.3 Å². The lowest BCUT2D eigenvalue weighted by atomic mass is 10.0. The summed E-state index contributed by atoms with van der Waals surface area (Å²) in [5.41, 5.74) is 2.05. The molecule has 4 aromatic rings. The lowest BCUT2D eigenvalue weighted by Gasteiger charge is -2.12. The van der Waals surface area contributed by atoms with Crippen LogP contribution in [0.2, 0.25) is 0 Å². The van der Waals surface area contributed by atoms with Crippen molar-refractivity contribution in [1.82, 2.24) is 14.8 Å². The first-order valence-electron chi connectivity index (χ1n) is 9.54. The molecular weight excluding hydrogens is 406 g/mol. The first-order chi connectivity index (χ1) is 14.5. The highest BCUT2D eigenvalue weighted by atomic mass is 32.1. The summed E-state index contributed by atoms with van der Waals surface area (Å²) in [4.78, 5) is 12.9. The van der Waals surface area contributed by atoms with Crippen LogP contribution in [0.1, 0.15) is 28.9 Å². The number of aromatic nitrogens is 3. The Morgan fingerprint density at radius 3 is 2.73 bits per heavy atom. The molecule has 9 heteroatoms. The number of H-pyrrole nitrogens is 1. The molecule has 2 aromatic heterocycles. The number of nitrogens with one attached hydrogen (secondary N) is 1. The molecule has 0 atom stereocenters. The van der Waals surface area contributed by atoms with Crippen molar-refractivity contribution in [2.75, 3.05) is 13.2 Å². The fourth-order valence-corrected chi connectivity index (χ4v) is 3.87. The molecule has 30 heavy (non-hydrogen) atoms. The Labute approximate surface area is 177 Å². The Kier molecular flexibility index (Phi) is 5.56. The van der Waals surface area contributed by atoms with Gasteiger partial charge < -0.3 is 23.6 Å². The van der Waals surface area contributed by atoms with E-state index in [1.807, 2.05) is 41.8 Å². The normalized spacial score (nSPS) is 11.3. The van der Waals surface area contributed by atoms with E-state index in [1.165, 1.54) is 0 Å². The van der Waals surface area contributed by atoms with Gasteiger partial charge in [0.15, 0.2) is 6.61 Å². The SMILES string of the molecule is CCOC(=O)c1c(C)n(CCO)c2c1cc(OCc1n[nH]c(=S)o1)c1ccccc12. The summed E-state index contributed by atoms with van der Waals surface area (Å²) in [5.74, 6) is 0.494. The van der Waals surface area contributed by atoms with Gasteiger partial charge in [-0.25, -0.2) is 9.89 Å². The number of aliphatic hydroxyl groups excluding tert-OH is 1. The molecule has 0 bridgehead atoms. The zero-order valence-corrected chi connectivity index (χ0v) is 17.4. The maximum atomic E-state index is 12.7. The molecule has 0 saturated heterocycles. The molecule has 0 radical (unpaired) electrons. The topological polar surface area (TPSA) is 103 Å². The van der Waals surface area contributed by atoms with Crippen LogP contribution in [0.4, 0.5) is 0 Å². The molecule has 0 aliphatic heterocycles. The summed E-state index contributed by atoms with van der Waals surface area (Å²) in [6.07, 6.45) is 0. The zero-order valence-electron chi connectivity index (χ0n) is 16.6. The van der Waals surface area contributed by atoms with Crippen LogP contribution >= 0.6 is 12.2 Å². The van der Waals surface area contributed by atoms with E-state index in [2.05, 4.69) is 10.2 Å². The standard InChI is InChI=1S/C21H21N3O5S/c1-3-27-20(26)18-12(2)24(8-9-25)19-14-7-5-4-6-13(14)16(10-15(18)19)28-11-17-22-23-21(30)29-17/h4-7,10,25H,3,8-9,11H2,1-2H3,(H,23,30). The van der Waals surface area contributed by atoms with Crippen LogP contribution in [0.15, 0.2) is 34.7 Å². The molecule has 2 N–H and O–H groups in total. The molecule has 2 heterocycles. The number of aliphatic hydroxyl groups is 1. The molecule has 0 saturated carbocycles. The molecule has 0 aliphatic rings. The lowest BCUT2D eigenvalue weighted by Crippen LogP contribution is -2.08. The van der Waals surface area contributed by atoms with Crippen molar-refractivity contribution in [3.63, 3.8) is 0 Å². The van der Waals surface area contributed by atoms with Gasteiger partial charge in [-0.3, -0.25) is 0 Å². The Balaban J connectivity index is 1.94. The number of benzene rings is 2. The smallest absolute Gasteiger partial charge is 0.340 e. The molecule has 156 valence electrons. The fraction of sp³-hybridized carbons (Fsp3) is 0.286. The van der Waals surface area contributed by atoms with Crippen molar-refractivity contribution in [3.05, 3.63) is 52.3 Å². The largest absolute Gasteiger partial charge is 0.483 e. The Bertz CT molecular complexity index is 1290. The maximum Gasteiger partial charge on any atom is 0.340 e. The predicted molar refractivity (Wildman–Crippen MR) is 113 cm³/mol. The number of esters is 1. The minimum absolute atomic E-state index is 0.0520. The third-order valence-corrected chi connectivity index (χ3v) is 5.10. The van der Waals surface area contributed by atoms with Crippen LogP contribution in [-0.2, 0) is 17.9 Å². The molecule has 0 amide bonds. The Morgan fingerprint density at radius 2 is 2.07 bits per heavy atom. The maximum absolute atomic E-state index is 12.7. The van der Waals surface area contributed by atoms with Crippen LogP contribution in [-0.4, -0.2) is 39.1 Å². The second-order valence-corrected chi connectivity index (χ2v) is 7.04. The van der Waals surface area contributed by atoms with Gasteiger partial charge in [0.1, 0.15) is 5.75 Å². The summed E-state index contributed by atoms with van der Waals surface area (Å²) in [6.45, 7) is 4.28. The van der Waals surface area contributed by atoms with E-state index in [0.29, 0.717) is 29.1 Å². The number of aromatic amines is 1. The molecule has 4 rings (SSSR count). The van der Waals surface area contributed by atoms with Gasteiger partial charge in [-0.1, -0.05) is 24.3 Å². The monoisotopic (exact) mass is 427 g/mol. The van der Waals surface area contributed by atoms with Crippen LogP contribution in [0.5, 0.6) is 5.75 Å². The third kappa shape index (κ3) is 3.46. The number of hydrogen-bond donors (Lipinski definition) is 2. The van der Waals surface area contributed by atoms with Gasteiger partial charge >= 0.3 is 5.97 Å². The van der Waals surface area contributed by atoms with E-state index in [4.69, 9.17) is 26.1 Å². The van der Waals surface area contributed by atoms with Crippen molar-refractivity contribution in [2.45, 2.75) is 27.0 Å². The Morgan fingerprint density at radius 1 is 1.30 bits per heavy atom. The Hall–Kier alpha value is -3.17. The van der Waals surface area contributed by atoms with E-state index in [-0.39, 0.29) is 24.7 Å². The van der Waals surface area contributed by atoms with Crippen molar-refractivity contribution in [2.24, 2.45) is 0 Å². The summed E-state index contributed by atoms with van der Waals surface area (Å²) >= 11 is 4.90. The average Bonchev–Trinajstić information content (AvgIpc) is 3.27. The van der Waals surface area contributed by atoms with E-state index < -0.39 is 5.97 Å². The van der Waals surface area contributed by atoms with Crippen LogP contribution in [0, 0.1) is 11.8 Å². The van der Waals surface area contributed by atoms with Gasteiger partial charge in [0.2, 0.25) is 0 Å². The van der Waals surface area contributed by atoms with E-state index >= 15 is 0 Å². The van der Waals surface area contributed by atoms with Crippen LogP contribution < -0.4 is 4.74 Å². The van der Waals surface area contributed by atoms with E-state index in [0.717, 1.165) is 22.0 Å². The molecule has 2 aromatic carbocycles. The number of ether oxygens (including phenoxy) is 2. The van der Waals surface area contributed by atoms with Gasteiger partial charge in [-0.05, 0) is 32.1 Å². The minimum atomic E-state index is -0.407. The first kappa shape index (κ1) is 20.1. The molecular formula is C21H21N3O5S. The second kappa shape index (κ2) is 8.29. The first-order valence-corrected chi connectivity index (χ1v) is 9.95. The van der Waals surface area contributed by atoms with Crippen LogP contribution in [0.25, 0.3) is 21.7 Å². The predicted octanol–water partition coefficient (Wildman–Crippen LogP) is 3.90. The number of hydrogen-bond acceptors (Lipinski definition) is 7. The highest BCUT2D eigenvalue weighted by molar-refractivity contribution is 7.71.